The number of methoxy groups -OCH3 is 2. The maximum Gasteiger partial charge on any atom is 0.219 e. The summed E-state index contributed by atoms with van der Waals surface area (Å²) < 4.78 is 29.7. The number of ether oxygens (including phenoxy) is 5. The Hall–Kier alpha value is -3.20. The number of hydrogen-bond acceptors (Lipinski definition) is 7. The Morgan fingerprint density at radius 3 is 2.45 bits per heavy atom. The second-order valence-corrected chi connectivity index (χ2v) is 9.78. The molecule has 7 nitrogen and oxygen atoms in total. The summed E-state index contributed by atoms with van der Waals surface area (Å²) in [7, 11) is 3.18. The van der Waals surface area contributed by atoms with Gasteiger partial charge in [-0.2, -0.15) is 0 Å². The zero-order valence-corrected chi connectivity index (χ0v) is 23.1. The zero-order valence-electron chi connectivity index (χ0n) is 21.5. The molecule has 0 N–H and O–H groups in total. The molecule has 0 fully saturated rings. The first-order chi connectivity index (χ1) is 18.5. The molecule has 0 amide bonds. The lowest BCUT2D eigenvalue weighted by Crippen LogP contribution is -2.45. The number of hydrogen-bond donors (Lipinski definition) is 0. The van der Waals surface area contributed by atoms with E-state index >= 15 is 0 Å². The second kappa shape index (κ2) is 13.0. The van der Waals surface area contributed by atoms with Crippen LogP contribution in [0.15, 0.2) is 76.8 Å². The summed E-state index contributed by atoms with van der Waals surface area (Å²) in [6.45, 7) is 1.30. The highest BCUT2D eigenvalue weighted by Crippen LogP contribution is 2.53. The third kappa shape index (κ3) is 5.77. The van der Waals surface area contributed by atoms with Crippen LogP contribution in [0.4, 0.5) is 0 Å². The van der Waals surface area contributed by atoms with Crippen molar-refractivity contribution in [1.82, 2.24) is 0 Å². The van der Waals surface area contributed by atoms with Crippen molar-refractivity contribution in [3.8, 4) is 17.2 Å². The summed E-state index contributed by atoms with van der Waals surface area (Å²) in [5.74, 6) is 0.347. The number of fused-ring (bicyclic) bond motifs is 1. The predicted molar refractivity (Wildman–Crippen MR) is 147 cm³/mol. The first-order valence-electron chi connectivity index (χ1n) is 12.4. The van der Waals surface area contributed by atoms with Crippen molar-refractivity contribution >= 4 is 28.0 Å². The van der Waals surface area contributed by atoms with E-state index in [0.29, 0.717) is 54.6 Å². The van der Waals surface area contributed by atoms with Gasteiger partial charge >= 0.3 is 0 Å². The lowest BCUT2D eigenvalue weighted by Gasteiger charge is -2.36. The van der Waals surface area contributed by atoms with Crippen LogP contribution >= 0.6 is 15.9 Å². The number of carbonyl (C=O) groups excluding carboxylic acids is 2. The number of rotatable bonds is 13. The maximum absolute atomic E-state index is 14.6. The quantitative estimate of drug-likeness (QED) is 0.224. The molecule has 2 atom stereocenters. The van der Waals surface area contributed by atoms with Gasteiger partial charge in [-0.1, -0.05) is 64.0 Å². The van der Waals surface area contributed by atoms with Crippen LogP contribution in [0.5, 0.6) is 17.2 Å². The first kappa shape index (κ1) is 27.8. The zero-order chi connectivity index (χ0) is 27.0. The van der Waals surface area contributed by atoms with Gasteiger partial charge < -0.3 is 28.5 Å². The largest absolute Gasteiger partial charge is 0.491 e. The molecule has 0 spiro atoms. The maximum atomic E-state index is 14.6. The molecule has 0 aromatic heterocycles. The van der Waals surface area contributed by atoms with Crippen molar-refractivity contribution < 1.29 is 33.3 Å². The highest BCUT2D eigenvalue weighted by molar-refractivity contribution is 9.10. The summed E-state index contributed by atoms with van der Waals surface area (Å²) in [5, 5.41) is 0. The molecule has 200 valence electrons. The Morgan fingerprint density at radius 2 is 1.74 bits per heavy atom. The summed E-state index contributed by atoms with van der Waals surface area (Å²) >= 11 is 3.49. The van der Waals surface area contributed by atoms with Crippen LogP contribution < -0.4 is 14.2 Å². The number of carbonyl (C=O) groups is 2. The average molecular weight is 583 g/mol. The van der Waals surface area contributed by atoms with E-state index in [1.165, 1.54) is 0 Å². The Morgan fingerprint density at radius 1 is 1.00 bits per heavy atom. The topological polar surface area (TPSA) is 80.3 Å². The number of benzene rings is 2. The number of ketones is 1. The molecular weight excluding hydrogens is 552 g/mol. The molecule has 2 aromatic rings. The molecule has 1 unspecified atom stereocenters. The molecule has 1 aliphatic carbocycles. The SMILES string of the molecule is COCCOc1cc(OCCOC)c2c(c1)O[C@@](c1ccc(Br)cc1)(C(CC=O)C1=CC=CC=CC1)C2=O. The number of Topliss-reactive ketones (excluding diaryl/α,β-unsaturated/α-hetero) is 1. The minimum absolute atomic E-state index is 0.0976. The summed E-state index contributed by atoms with van der Waals surface area (Å²) in [6.07, 6.45) is 11.3. The molecule has 2 aliphatic rings. The van der Waals surface area contributed by atoms with E-state index < -0.39 is 11.5 Å². The van der Waals surface area contributed by atoms with E-state index in [0.717, 1.165) is 16.3 Å². The molecule has 0 radical (unpaired) electrons. The smallest absolute Gasteiger partial charge is 0.219 e. The molecule has 0 bridgehead atoms. The number of allylic oxidation sites excluding steroid dienone is 5. The van der Waals surface area contributed by atoms with E-state index in [1.807, 2.05) is 54.6 Å². The molecular formula is C30H31BrO7. The fraction of sp³-hybridized carbons (Fsp3) is 0.333. The third-order valence-electron chi connectivity index (χ3n) is 6.54. The number of halogens is 1. The van der Waals surface area contributed by atoms with Crippen LogP contribution in [-0.4, -0.2) is 52.7 Å². The fourth-order valence-corrected chi connectivity index (χ4v) is 5.06. The van der Waals surface area contributed by atoms with Gasteiger partial charge in [-0.05, 0) is 18.6 Å². The third-order valence-corrected chi connectivity index (χ3v) is 7.07. The van der Waals surface area contributed by atoms with Crippen molar-refractivity contribution in [1.29, 1.82) is 0 Å². The first-order valence-corrected chi connectivity index (χ1v) is 13.2. The molecule has 1 aliphatic heterocycles. The standard InChI is InChI=1S/C30H31BrO7/c1-34-15-17-36-24-19-26(37-18-16-35-2)28-27(20-24)38-30(29(28)33,22-9-11-23(31)12-10-22)25(13-14-32)21-7-5-3-4-6-8-21/h3-7,9-12,14,19-20,25H,8,13,15-18H2,1-2H3/t25?,30-/m0/s1. The fourth-order valence-electron chi connectivity index (χ4n) is 4.80. The molecule has 8 heteroatoms. The van der Waals surface area contributed by atoms with Crippen LogP contribution in [0.1, 0.15) is 28.8 Å². The minimum atomic E-state index is -1.48. The Labute approximate surface area is 231 Å². The van der Waals surface area contributed by atoms with Crippen LogP contribution in [-0.2, 0) is 19.9 Å². The van der Waals surface area contributed by atoms with Crippen molar-refractivity contribution in [2.45, 2.75) is 18.4 Å². The lowest BCUT2D eigenvalue weighted by atomic mass is 9.71. The van der Waals surface area contributed by atoms with Crippen molar-refractivity contribution in [2.24, 2.45) is 5.92 Å². The van der Waals surface area contributed by atoms with Crippen molar-refractivity contribution in [3.63, 3.8) is 0 Å². The van der Waals surface area contributed by atoms with E-state index in [-0.39, 0.29) is 18.8 Å². The van der Waals surface area contributed by atoms with Gasteiger partial charge in [-0.15, -0.1) is 0 Å². The molecule has 2 aromatic carbocycles. The van der Waals surface area contributed by atoms with Crippen LogP contribution in [0.25, 0.3) is 0 Å². The highest BCUT2D eigenvalue weighted by Gasteiger charge is 2.56. The molecule has 0 saturated carbocycles. The molecule has 38 heavy (non-hydrogen) atoms. The van der Waals surface area contributed by atoms with Gasteiger partial charge in [0.1, 0.15) is 42.3 Å². The van der Waals surface area contributed by atoms with E-state index in [9.17, 15) is 9.59 Å². The highest BCUT2D eigenvalue weighted by atomic mass is 79.9. The van der Waals surface area contributed by atoms with Crippen LogP contribution in [0.2, 0.25) is 0 Å². The van der Waals surface area contributed by atoms with Gasteiger partial charge in [-0.3, -0.25) is 4.79 Å². The van der Waals surface area contributed by atoms with Crippen LogP contribution in [0, 0.1) is 5.92 Å². The van der Waals surface area contributed by atoms with Crippen molar-refractivity contribution in [3.05, 3.63) is 88.0 Å². The van der Waals surface area contributed by atoms with E-state index in [4.69, 9.17) is 23.7 Å². The second-order valence-electron chi connectivity index (χ2n) is 8.86. The van der Waals surface area contributed by atoms with Gasteiger partial charge in [0, 0.05) is 48.7 Å². The van der Waals surface area contributed by atoms with Crippen LogP contribution in [0.3, 0.4) is 0 Å². The number of aldehydes is 1. The minimum Gasteiger partial charge on any atom is -0.491 e. The Bertz CT molecular complexity index is 1230. The predicted octanol–water partition coefficient (Wildman–Crippen LogP) is 5.62. The summed E-state index contributed by atoms with van der Waals surface area (Å²) in [4.78, 5) is 26.6. The molecule has 0 saturated heterocycles. The normalized spacial score (nSPS) is 18.8. The summed E-state index contributed by atoms with van der Waals surface area (Å²) in [5.41, 5.74) is 0.409. The van der Waals surface area contributed by atoms with Gasteiger partial charge in [0.2, 0.25) is 11.4 Å². The van der Waals surface area contributed by atoms with Gasteiger partial charge in [0.25, 0.3) is 0 Å². The van der Waals surface area contributed by atoms with Gasteiger partial charge in [0.05, 0.1) is 13.2 Å². The monoisotopic (exact) mass is 582 g/mol. The van der Waals surface area contributed by atoms with E-state index in [1.54, 1.807) is 26.4 Å². The van der Waals surface area contributed by atoms with Gasteiger partial charge in [-0.25, -0.2) is 0 Å². The molecule has 1 heterocycles. The lowest BCUT2D eigenvalue weighted by molar-refractivity contribution is -0.109. The average Bonchev–Trinajstić information content (AvgIpc) is 3.05. The Kier molecular flexibility index (Phi) is 9.55. The van der Waals surface area contributed by atoms with E-state index in [2.05, 4.69) is 15.9 Å². The molecule has 4 rings (SSSR count). The summed E-state index contributed by atoms with van der Waals surface area (Å²) in [6, 6.07) is 10.8. The van der Waals surface area contributed by atoms with Gasteiger partial charge in [0.15, 0.2) is 0 Å². The Balaban J connectivity index is 1.88. The van der Waals surface area contributed by atoms with Crippen molar-refractivity contribution in [2.75, 3.05) is 40.6 Å².